The second-order valence-corrected chi connectivity index (χ2v) is 4.40. The highest BCUT2D eigenvalue weighted by Gasteiger charge is 2.27. The van der Waals surface area contributed by atoms with E-state index in [0.717, 1.165) is 25.6 Å². The molecule has 0 bridgehead atoms. The Hall–Kier alpha value is -0.120. The monoisotopic (exact) mass is 215 g/mol. The zero-order valence-corrected chi connectivity index (χ0v) is 9.95. The fourth-order valence-corrected chi connectivity index (χ4v) is 1.91. The van der Waals surface area contributed by atoms with E-state index >= 15 is 0 Å². The van der Waals surface area contributed by atoms with E-state index in [1.165, 1.54) is 38.6 Å². The quantitative estimate of drug-likeness (QED) is 0.562. The summed E-state index contributed by atoms with van der Waals surface area (Å²) in [7, 11) is 1.77. The van der Waals surface area contributed by atoms with Crippen molar-refractivity contribution in [3.05, 3.63) is 0 Å². The van der Waals surface area contributed by atoms with Gasteiger partial charge in [0.1, 0.15) is 0 Å². The second-order valence-electron chi connectivity index (χ2n) is 4.40. The number of unbranched alkanes of at least 4 members (excludes halogenated alkanes) is 3. The molecular formula is C12H25NO2. The lowest BCUT2D eigenvalue weighted by Gasteiger charge is -2.21. The third-order valence-corrected chi connectivity index (χ3v) is 3.00. The number of ether oxygens (including phenoxy) is 1. The van der Waals surface area contributed by atoms with E-state index in [2.05, 4.69) is 4.90 Å². The molecule has 0 unspecified atom stereocenters. The number of aliphatic hydroxyl groups is 1. The maximum Gasteiger partial charge on any atom is 0.0589 e. The standard InChI is InChI=1S/C12H25NO2/c1-15-11-9-13(12-6-7-12)8-4-2-3-5-10-14/h12,14H,2-11H2,1H3. The molecule has 3 nitrogen and oxygen atoms in total. The number of hydrogen-bond donors (Lipinski definition) is 1. The smallest absolute Gasteiger partial charge is 0.0589 e. The van der Waals surface area contributed by atoms with Crippen molar-refractivity contribution in [1.29, 1.82) is 0 Å². The molecule has 0 heterocycles. The summed E-state index contributed by atoms with van der Waals surface area (Å²) in [4.78, 5) is 2.56. The van der Waals surface area contributed by atoms with E-state index < -0.39 is 0 Å². The third-order valence-electron chi connectivity index (χ3n) is 3.00. The zero-order valence-electron chi connectivity index (χ0n) is 9.95. The van der Waals surface area contributed by atoms with Gasteiger partial charge in [-0.25, -0.2) is 0 Å². The summed E-state index contributed by atoms with van der Waals surface area (Å²) in [6.07, 6.45) is 7.39. The van der Waals surface area contributed by atoms with E-state index in [1.807, 2.05) is 0 Å². The molecular weight excluding hydrogens is 190 g/mol. The molecule has 0 spiro atoms. The highest BCUT2D eigenvalue weighted by molar-refractivity contribution is 4.84. The van der Waals surface area contributed by atoms with Gasteiger partial charge >= 0.3 is 0 Å². The van der Waals surface area contributed by atoms with Gasteiger partial charge in [0.2, 0.25) is 0 Å². The van der Waals surface area contributed by atoms with Crippen molar-refractivity contribution in [3.63, 3.8) is 0 Å². The van der Waals surface area contributed by atoms with Gasteiger partial charge in [-0.05, 0) is 32.2 Å². The predicted molar refractivity (Wildman–Crippen MR) is 62.0 cm³/mol. The Morgan fingerprint density at radius 2 is 1.87 bits per heavy atom. The Kier molecular flexibility index (Phi) is 6.98. The first-order chi connectivity index (χ1) is 7.38. The van der Waals surface area contributed by atoms with Gasteiger partial charge in [0, 0.05) is 26.3 Å². The van der Waals surface area contributed by atoms with Crippen LogP contribution in [0.4, 0.5) is 0 Å². The van der Waals surface area contributed by atoms with Crippen LogP contribution in [0.1, 0.15) is 38.5 Å². The van der Waals surface area contributed by atoms with Crippen LogP contribution in [0.2, 0.25) is 0 Å². The summed E-state index contributed by atoms with van der Waals surface area (Å²) in [5, 5.41) is 8.66. The molecule has 0 amide bonds. The van der Waals surface area contributed by atoms with Crippen molar-refractivity contribution < 1.29 is 9.84 Å². The molecule has 1 rings (SSSR count). The highest BCUT2D eigenvalue weighted by atomic mass is 16.5. The van der Waals surface area contributed by atoms with Crippen molar-refractivity contribution in [3.8, 4) is 0 Å². The average molecular weight is 215 g/mol. The molecule has 0 aliphatic heterocycles. The van der Waals surface area contributed by atoms with Crippen LogP contribution in [-0.4, -0.2) is 49.5 Å². The summed E-state index contributed by atoms with van der Waals surface area (Å²) in [5.41, 5.74) is 0. The normalized spacial score (nSPS) is 16.2. The van der Waals surface area contributed by atoms with Crippen molar-refractivity contribution in [1.82, 2.24) is 4.90 Å². The predicted octanol–water partition coefficient (Wildman–Crippen LogP) is 1.65. The van der Waals surface area contributed by atoms with E-state index in [4.69, 9.17) is 9.84 Å². The van der Waals surface area contributed by atoms with Crippen molar-refractivity contribution in [2.45, 2.75) is 44.6 Å². The number of methoxy groups -OCH3 is 1. The zero-order chi connectivity index (χ0) is 10.9. The average Bonchev–Trinajstić information content (AvgIpc) is 3.06. The molecule has 1 aliphatic rings. The number of rotatable bonds is 10. The fraction of sp³-hybridized carbons (Fsp3) is 1.00. The molecule has 1 aliphatic carbocycles. The first kappa shape index (κ1) is 12.9. The van der Waals surface area contributed by atoms with Gasteiger partial charge in [0.05, 0.1) is 6.61 Å². The molecule has 15 heavy (non-hydrogen) atoms. The van der Waals surface area contributed by atoms with E-state index in [1.54, 1.807) is 7.11 Å². The molecule has 0 aromatic carbocycles. The summed E-state index contributed by atoms with van der Waals surface area (Å²) in [6, 6.07) is 0.845. The van der Waals surface area contributed by atoms with Gasteiger partial charge in [-0.3, -0.25) is 4.90 Å². The topological polar surface area (TPSA) is 32.7 Å². The van der Waals surface area contributed by atoms with E-state index in [-0.39, 0.29) is 0 Å². The van der Waals surface area contributed by atoms with Gasteiger partial charge < -0.3 is 9.84 Å². The van der Waals surface area contributed by atoms with Crippen LogP contribution in [0.25, 0.3) is 0 Å². The minimum atomic E-state index is 0.343. The van der Waals surface area contributed by atoms with Gasteiger partial charge in [-0.2, -0.15) is 0 Å². The first-order valence-corrected chi connectivity index (χ1v) is 6.22. The molecule has 0 radical (unpaired) electrons. The fourth-order valence-electron chi connectivity index (χ4n) is 1.91. The summed E-state index contributed by atoms with van der Waals surface area (Å²) in [5.74, 6) is 0. The van der Waals surface area contributed by atoms with Crippen LogP contribution >= 0.6 is 0 Å². The molecule has 90 valence electrons. The van der Waals surface area contributed by atoms with Crippen LogP contribution in [0, 0.1) is 0 Å². The van der Waals surface area contributed by atoms with Crippen molar-refractivity contribution >= 4 is 0 Å². The summed E-state index contributed by atoms with van der Waals surface area (Å²) in [6.45, 7) is 3.49. The summed E-state index contributed by atoms with van der Waals surface area (Å²) >= 11 is 0. The number of nitrogens with zero attached hydrogens (tertiary/aromatic N) is 1. The van der Waals surface area contributed by atoms with Crippen LogP contribution in [0.15, 0.2) is 0 Å². The van der Waals surface area contributed by atoms with Crippen LogP contribution < -0.4 is 0 Å². The van der Waals surface area contributed by atoms with Gasteiger partial charge in [-0.15, -0.1) is 0 Å². The van der Waals surface area contributed by atoms with Crippen LogP contribution in [0.5, 0.6) is 0 Å². The van der Waals surface area contributed by atoms with Gasteiger partial charge in [-0.1, -0.05) is 12.8 Å². The number of hydrogen-bond acceptors (Lipinski definition) is 3. The first-order valence-electron chi connectivity index (χ1n) is 6.22. The maximum absolute atomic E-state index is 8.66. The second kappa shape index (κ2) is 8.08. The maximum atomic E-state index is 8.66. The number of aliphatic hydroxyl groups excluding tert-OH is 1. The lowest BCUT2D eigenvalue weighted by Crippen LogP contribution is -2.30. The van der Waals surface area contributed by atoms with Gasteiger partial charge in [0.15, 0.2) is 0 Å². The lowest BCUT2D eigenvalue weighted by atomic mass is 10.2. The largest absolute Gasteiger partial charge is 0.396 e. The SMILES string of the molecule is COCCN(CCCCCCO)C1CC1. The molecule has 0 atom stereocenters. The Balaban J connectivity index is 1.98. The van der Waals surface area contributed by atoms with Gasteiger partial charge in [0.25, 0.3) is 0 Å². The van der Waals surface area contributed by atoms with Crippen LogP contribution in [-0.2, 0) is 4.74 Å². The van der Waals surface area contributed by atoms with Crippen molar-refractivity contribution in [2.24, 2.45) is 0 Å². The molecule has 0 saturated heterocycles. The molecule has 3 heteroatoms. The van der Waals surface area contributed by atoms with E-state index in [0.29, 0.717) is 6.61 Å². The molecule has 0 aromatic rings. The third kappa shape index (κ3) is 6.13. The highest BCUT2D eigenvalue weighted by Crippen LogP contribution is 2.26. The Bertz CT molecular complexity index is 149. The molecule has 1 fully saturated rings. The Morgan fingerprint density at radius 1 is 1.13 bits per heavy atom. The Labute approximate surface area is 93.4 Å². The lowest BCUT2D eigenvalue weighted by molar-refractivity contribution is 0.142. The summed E-state index contributed by atoms with van der Waals surface area (Å²) < 4.78 is 5.12. The van der Waals surface area contributed by atoms with Crippen LogP contribution in [0.3, 0.4) is 0 Å². The Morgan fingerprint density at radius 3 is 2.47 bits per heavy atom. The molecule has 1 N–H and O–H groups in total. The van der Waals surface area contributed by atoms with E-state index in [9.17, 15) is 0 Å². The minimum absolute atomic E-state index is 0.343. The molecule has 1 saturated carbocycles. The van der Waals surface area contributed by atoms with Crippen molar-refractivity contribution in [2.75, 3.05) is 33.4 Å². The minimum Gasteiger partial charge on any atom is -0.396 e. The molecule has 0 aromatic heterocycles.